The Bertz CT molecular complexity index is 1160. The molecule has 0 aliphatic carbocycles. The first-order valence-corrected chi connectivity index (χ1v) is 12.9. The van der Waals surface area contributed by atoms with E-state index < -0.39 is 10.0 Å². The summed E-state index contributed by atoms with van der Waals surface area (Å²) in [6.45, 7) is 1.41. The fourth-order valence-electron chi connectivity index (χ4n) is 3.25. The van der Waals surface area contributed by atoms with Crippen LogP contribution < -0.4 is 4.72 Å². The van der Waals surface area contributed by atoms with Crippen molar-refractivity contribution in [2.75, 3.05) is 24.1 Å². The maximum atomic E-state index is 12.9. The molecule has 1 aromatic heterocycles. The zero-order valence-corrected chi connectivity index (χ0v) is 18.7. The second-order valence-electron chi connectivity index (χ2n) is 6.75. The molecule has 2 aromatic carbocycles. The molecule has 0 spiro atoms. The molecule has 1 saturated heterocycles. The summed E-state index contributed by atoms with van der Waals surface area (Å²) in [5.74, 6) is -0.129. The third-order valence-electron chi connectivity index (χ3n) is 4.77. The van der Waals surface area contributed by atoms with Crippen LogP contribution in [0.3, 0.4) is 0 Å². The van der Waals surface area contributed by atoms with E-state index >= 15 is 0 Å². The Morgan fingerprint density at radius 1 is 1.10 bits per heavy atom. The first-order valence-electron chi connectivity index (χ1n) is 9.37. The number of aromatic nitrogens is 2. The van der Waals surface area contributed by atoms with Gasteiger partial charge in [0, 0.05) is 23.5 Å². The first kappa shape index (κ1) is 20.8. The number of hydrogen-bond donors (Lipinski definition) is 1. The highest BCUT2D eigenvalue weighted by Crippen LogP contribution is 2.30. The number of nitrogens with one attached hydrogen (secondary N) is 1. The molecule has 1 amide bonds. The zero-order chi connectivity index (χ0) is 21.1. The summed E-state index contributed by atoms with van der Waals surface area (Å²) in [4.78, 5) is 15.5. The van der Waals surface area contributed by atoms with Gasteiger partial charge < -0.3 is 4.90 Å². The summed E-state index contributed by atoms with van der Waals surface area (Å²) in [6, 6.07) is 14.1. The van der Waals surface area contributed by atoms with E-state index in [0.717, 1.165) is 34.6 Å². The van der Waals surface area contributed by atoms with Gasteiger partial charge in [0.1, 0.15) is 5.01 Å². The van der Waals surface area contributed by atoms with Crippen LogP contribution in [0, 0.1) is 0 Å². The summed E-state index contributed by atoms with van der Waals surface area (Å²) in [7, 11) is -3.91. The van der Waals surface area contributed by atoms with Gasteiger partial charge in [0.25, 0.3) is 15.9 Å². The number of anilines is 1. The lowest BCUT2D eigenvalue weighted by Gasteiger charge is -2.18. The van der Waals surface area contributed by atoms with Crippen LogP contribution >= 0.6 is 23.1 Å². The molecule has 7 nitrogen and oxygen atoms in total. The van der Waals surface area contributed by atoms with Gasteiger partial charge in [-0.25, -0.2) is 8.42 Å². The fourth-order valence-corrected chi connectivity index (χ4v) is 5.82. The van der Waals surface area contributed by atoms with Crippen molar-refractivity contribution < 1.29 is 13.2 Å². The molecular formula is C20H20N4O3S3. The van der Waals surface area contributed by atoms with Crippen LogP contribution in [-0.2, 0) is 10.0 Å². The minimum Gasteiger partial charge on any atom is -0.339 e. The average Bonchev–Trinajstić information content (AvgIpc) is 3.45. The van der Waals surface area contributed by atoms with Crippen molar-refractivity contribution in [1.29, 1.82) is 0 Å². The van der Waals surface area contributed by atoms with Crippen LogP contribution in [0.2, 0.25) is 0 Å². The van der Waals surface area contributed by atoms with Crippen molar-refractivity contribution in [1.82, 2.24) is 15.1 Å². The Kier molecular flexibility index (Phi) is 6.07. The predicted molar refractivity (Wildman–Crippen MR) is 120 cm³/mol. The number of rotatable bonds is 6. The monoisotopic (exact) mass is 460 g/mol. The molecule has 4 rings (SSSR count). The molecule has 1 N–H and O–H groups in total. The second-order valence-corrected chi connectivity index (χ2v) is 10.3. The van der Waals surface area contributed by atoms with Crippen molar-refractivity contribution in [2.24, 2.45) is 0 Å². The molecular weight excluding hydrogens is 440 g/mol. The van der Waals surface area contributed by atoms with Gasteiger partial charge in [-0.1, -0.05) is 41.7 Å². The predicted octanol–water partition coefficient (Wildman–Crippen LogP) is 3.96. The summed E-state index contributed by atoms with van der Waals surface area (Å²) >= 11 is 2.58. The maximum Gasteiger partial charge on any atom is 0.263 e. The fraction of sp³-hybridized carbons (Fsp3) is 0.250. The van der Waals surface area contributed by atoms with Gasteiger partial charge in [-0.3, -0.25) is 9.52 Å². The largest absolute Gasteiger partial charge is 0.339 e. The Hall–Kier alpha value is -2.43. The second kappa shape index (κ2) is 8.75. The quantitative estimate of drug-likeness (QED) is 0.560. The van der Waals surface area contributed by atoms with Gasteiger partial charge in [-0.05, 0) is 37.3 Å². The first-order chi connectivity index (χ1) is 14.5. The molecule has 156 valence electrons. The molecule has 1 aliphatic heterocycles. The summed E-state index contributed by atoms with van der Waals surface area (Å²) in [5, 5.41) is 8.82. The van der Waals surface area contributed by atoms with Gasteiger partial charge in [-0.15, -0.1) is 22.0 Å². The lowest BCUT2D eigenvalue weighted by Crippen LogP contribution is -2.28. The molecule has 1 fully saturated rings. The minimum absolute atomic E-state index is 0.0271. The van der Waals surface area contributed by atoms with Crippen LogP contribution in [-0.4, -0.2) is 48.8 Å². The Morgan fingerprint density at radius 3 is 2.53 bits per heavy atom. The van der Waals surface area contributed by atoms with E-state index in [1.165, 1.54) is 23.9 Å². The molecule has 1 aliphatic rings. The van der Waals surface area contributed by atoms with E-state index in [1.54, 1.807) is 11.0 Å². The smallest absolute Gasteiger partial charge is 0.263 e. The highest BCUT2D eigenvalue weighted by Gasteiger charge is 2.25. The van der Waals surface area contributed by atoms with Crippen LogP contribution in [0.5, 0.6) is 0 Å². The number of thioether (sulfide) groups is 1. The molecule has 2 heterocycles. The topological polar surface area (TPSA) is 92.3 Å². The molecule has 0 unspecified atom stereocenters. The van der Waals surface area contributed by atoms with E-state index in [-0.39, 0.29) is 15.9 Å². The van der Waals surface area contributed by atoms with Crippen LogP contribution in [0.15, 0.2) is 58.3 Å². The van der Waals surface area contributed by atoms with Gasteiger partial charge in [0.05, 0.1) is 10.5 Å². The Balaban J connectivity index is 1.60. The molecule has 30 heavy (non-hydrogen) atoms. The average molecular weight is 461 g/mol. The van der Waals surface area contributed by atoms with Gasteiger partial charge in [-0.2, -0.15) is 0 Å². The van der Waals surface area contributed by atoms with Crippen molar-refractivity contribution in [2.45, 2.75) is 22.6 Å². The minimum atomic E-state index is -3.91. The van der Waals surface area contributed by atoms with Gasteiger partial charge >= 0.3 is 0 Å². The van der Waals surface area contributed by atoms with Crippen LogP contribution in [0.25, 0.3) is 10.6 Å². The van der Waals surface area contributed by atoms with E-state index in [2.05, 4.69) is 14.9 Å². The SMILES string of the molecule is CSc1ccc(S(=O)(=O)Nc2nnc(-c3ccccc3)s2)cc1C(=O)N1CCCC1. The lowest BCUT2D eigenvalue weighted by atomic mass is 10.2. The number of amides is 1. The van der Waals surface area contributed by atoms with Gasteiger partial charge in [0.2, 0.25) is 5.13 Å². The van der Waals surface area contributed by atoms with Crippen molar-refractivity contribution >= 4 is 44.2 Å². The molecule has 0 radical (unpaired) electrons. The Morgan fingerprint density at radius 2 is 1.83 bits per heavy atom. The third-order valence-corrected chi connectivity index (χ3v) is 7.92. The number of hydrogen-bond acceptors (Lipinski definition) is 7. The van der Waals surface area contributed by atoms with Crippen LogP contribution in [0.4, 0.5) is 5.13 Å². The van der Waals surface area contributed by atoms with E-state index in [1.807, 2.05) is 36.6 Å². The Labute approximate surface area is 183 Å². The maximum absolute atomic E-state index is 12.9. The zero-order valence-electron chi connectivity index (χ0n) is 16.2. The number of carbonyl (C=O) groups excluding carboxylic acids is 1. The van der Waals surface area contributed by atoms with Crippen molar-refractivity contribution in [3.8, 4) is 10.6 Å². The molecule has 0 saturated carbocycles. The standard InChI is InChI=1S/C20H20N4O3S3/c1-28-17-10-9-15(13-16(17)19(25)24-11-5-6-12-24)30(26,27)23-20-22-21-18(29-20)14-7-3-2-4-8-14/h2-4,7-10,13H,5-6,11-12H2,1H3,(H,22,23). The van der Waals surface area contributed by atoms with E-state index in [0.29, 0.717) is 23.7 Å². The molecule has 3 aromatic rings. The van der Waals surface area contributed by atoms with E-state index in [9.17, 15) is 13.2 Å². The van der Waals surface area contributed by atoms with Crippen molar-refractivity contribution in [3.05, 3.63) is 54.1 Å². The molecule has 0 atom stereocenters. The van der Waals surface area contributed by atoms with Crippen LogP contribution in [0.1, 0.15) is 23.2 Å². The summed E-state index contributed by atoms with van der Waals surface area (Å²) < 4.78 is 28.4. The molecule has 0 bridgehead atoms. The number of carbonyl (C=O) groups is 1. The summed E-state index contributed by atoms with van der Waals surface area (Å²) in [5.41, 5.74) is 1.28. The van der Waals surface area contributed by atoms with Crippen molar-refractivity contribution in [3.63, 3.8) is 0 Å². The van der Waals surface area contributed by atoms with Gasteiger partial charge in [0.15, 0.2) is 0 Å². The third kappa shape index (κ3) is 4.35. The lowest BCUT2D eigenvalue weighted by molar-refractivity contribution is 0.0789. The number of sulfonamides is 1. The highest BCUT2D eigenvalue weighted by atomic mass is 32.2. The van der Waals surface area contributed by atoms with E-state index in [4.69, 9.17) is 0 Å². The summed E-state index contributed by atoms with van der Waals surface area (Å²) in [6.07, 6.45) is 3.82. The number of benzene rings is 2. The normalized spacial score (nSPS) is 14.1. The molecule has 10 heteroatoms. The highest BCUT2D eigenvalue weighted by molar-refractivity contribution is 7.98. The number of likely N-dealkylation sites (tertiary alicyclic amines) is 1. The number of nitrogens with zero attached hydrogens (tertiary/aromatic N) is 3.